The first-order valence-electron chi connectivity index (χ1n) is 20.5. The van der Waals surface area contributed by atoms with Gasteiger partial charge in [0.1, 0.15) is 0 Å². The molecule has 4 fully saturated rings. The van der Waals surface area contributed by atoms with Crippen LogP contribution in [0.4, 0.5) is 0 Å². The molecule has 3 heteroatoms. The van der Waals surface area contributed by atoms with E-state index in [9.17, 15) is 0 Å². The van der Waals surface area contributed by atoms with Crippen molar-refractivity contribution in [1.29, 1.82) is 0 Å². The molecule has 3 nitrogen and oxygen atoms in total. The fraction of sp³-hybridized carbons (Fsp3) is 0.213. The molecule has 0 amide bonds. The second kappa shape index (κ2) is 10.8. The molecule has 0 saturated heterocycles. The molecule has 240 valence electrons. The van der Waals surface area contributed by atoms with Crippen molar-refractivity contribution in [3.05, 3.63) is 151 Å². The highest BCUT2D eigenvalue weighted by atomic mass is 15.0. The highest BCUT2D eigenvalue weighted by Gasteiger charge is 2.61. The molecule has 12 rings (SSSR count). The molecule has 4 saturated carbocycles. The molecule has 1 spiro atoms. The van der Waals surface area contributed by atoms with Gasteiger partial charge in [0.2, 0.25) is 0 Å². The lowest BCUT2D eigenvalue weighted by Gasteiger charge is -2.61. The maximum absolute atomic E-state index is 8.90. The van der Waals surface area contributed by atoms with Gasteiger partial charge in [-0.3, -0.25) is 0 Å². The average molecular weight is 649 g/mol. The van der Waals surface area contributed by atoms with Gasteiger partial charge in [-0.15, -0.1) is 0 Å². The Labute approximate surface area is 300 Å². The fourth-order valence-electron chi connectivity index (χ4n) is 10.7. The van der Waals surface area contributed by atoms with E-state index in [-0.39, 0.29) is 28.9 Å². The van der Waals surface area contributed by atoms with E-state index in [1.54, 1.807) is 0 Å². The number of hydrogen-bond donors (Lipinski definition) is 0. The average Bonchev–Trinajstić information content (AvgIpc) is 3.52. The first kappa shape index (κ1) is 23.9. The minimum atomic E-state index is -0.449. The maximum Gasteiger partial charge on any atom is 0.164 e. The molecule has 0 unspecified atom stereocenters. The molecule has 0 atom stereocenters. The van der Waals surface area contributed by atoms with Crippen LogP contribution in [0.5, 0.6) is 0 Å². The summed E-state index contributed by atoms with van der Waals surface area (Å²) in [5.74, 6) is 3.61. The van der Waals surface area contributed by atoms with Crippen molar-refractivity contribution in [1.82, 2.24) is 15.0 Å². The molecule has 0 N–H and O–H groups in total. The Hall–Kier alpha value is -5.41. The highest BCUT2D eigenvalue weighted by molar-refractivity contribution is 6.08. The smallest absolute Gasteiger partial charge is 0.164 e. The third-order valence-corrected chi connectivity index (χ3v) is 12.4. The van der Waals surface area contributed by atoms with Crippen molar-refractivity contribution in [3.63, 3.8) is 0 Å². The Kier molecular flexibility index (Phi) is 5.15. The number of nitrogens with zero attached hydrogens (tertiary/aromatic N) is 3. The summed E-state index contributed by atoms with van der Waals surface area (Å²) in [6, 6.07) is 36.2. The second-order valence-corrected chi connectivity index (χ2v) is 14.9. The summed E-state index contributed by atoms with van der Waals surface area (Å²) in [7, 11) is 0. The molecule has 1 aromatic heterocycles. The summed E-state index contributed by atoms with van der Waals surface area (Å²) >= 11 is 0. The first-order chi connectivity index (χ1) is 26.8. The molecule has 50 heavy (non-hydrogen) atoms. The van der Waals surface area contributed by atoms with E-state index in [0.717, 1.165) is 44.9 Å². The molecule has 7 aromatic rings. The van der Waals surface area contributed by atoms with Gasteiger partial charge in [0.25, 0.3) is 0 Å². The Morgan fingerprint density at radius 3 is 1.80 bits per heavy atom. The van der Waals surface area contributed by atoms with Gasteiger partial charge in [-0.2, -0.15) is 0 Å². The molecular formula is C47H37N3. The number of benzene rings is 6. The van der Waals surface area contributed by atoms with Gasteiger partial charge in [-0.1, -0.05) is 133 Å². The number of fused-ring (bicyclic) bond motifs is 5. The summed E-state index contributed by atoms with van der Waals surface area (Å²) < 4.78 is 43.1. The predicted molar refractivity (Wildman–Crippen MR) is 202 cm³/mol. The van der Waals surface area contributed by atoms with E-state index in [1.165, 1.54) is 54.4 Å². The lowest BCUT2D eigenvalue weighted by atomic mass is 9.43. The van der Waals surface area contributed by atoms with Crippen LogP contribution in [-0.2, 0) is 5.41 Å². The molecule has 6 aromatic carbocycles. The van der Waals surface area contributed by atoms with Gasteiger partial charge in [0.15, 0.2) is 17.5 Å². The zero-order valence-corrected chi connectivity index (χ0v) is 27.6. The van der Waals surface area contributed by atoms with Crippen molar-refractivity contribution < 1.29 is 6.85 Å². The normalized spacial score (nSPS) is 25.5. The zero-order valence-electron chi connectivity index (χ0n) is 32.6. The van der Waals surface area contributed by atoms with Crippen LogP contribution in [0.25, 0.3) is 67.2 Å². The molecule has 0 radical (unpaired) electrons. The monoisotopic (exact) mass is 648 g/mol. The highest BCUT2D eigenvalue weighted by Crippen LogP contribution is 2.70. The Bertz CT molecular complexity index is 2670. The van der Waals surface area contributed by atoms with Crippen molar-refractivity contribution in [2.45, 2.75) is 37.5 Å². The Balaban J connectivity index is 1.18. The second-order valence-electron chi connectivity index (χ2n) is 14.9. The van der Waals surface area contributed by atoms with Crippen LogP contribution >= 0.6 is 0 Å². The predicted octanol–water partition coefficient (Wildman–Crippen LogP) is 11.4. The maximum atomic E-state index is 8.90. The molecule has 4 bridgehead atoms. The molecule has 0 aliphatic heterocycles. The van der Waals surface area contributed by atoms with Crippen LogP contribution in [0, 0.1) is 23.7 Å². The lowest BCUT2D eigenvalue weighted by molar-refractivity contribution is -0.0399. The van der Waals surface area contributed by atoms with E-state index in [2.05, 4.69) is 66.7 Å². The number of aromatic nitrogens is 3. The third-order valence-electron chi connectivity index (χ3n) is 12.4. The topological polar surface area (TPSA) is 38.7 Å². The molecular weight excluding hydrogens is 607 g/mol. The van der Waals surface area contributed by atoms with E-state index < -0.39 is 18.1 Å². The van der Waals surface area contributed by atoms with Gasteiger partial charge in [-0.25, -0.2) is 15.0 Å². The molecule has 5 aliphatic rings. The standard InChI is InChI=1S/C47H37N3/c1-3-11-31(12-4-1)32-19-21-34(22-20-32)45-48-44(33-13-5-2-6-14-33)49-46(50-45)40-28-42-43(38-16-8-7-15-37(38)40)39-17-9-10-18-41(39)47(42)35-24-29-23-30(26-35)27-36(47)25-29/h1-22,28-30,35-36H,23-27H2/i2D,5D,6D,13D,14D. The van der Waals surface area contributed by atoms with Crippen LogP contribution in [0.15, 0.2) is 139 Å². The minimum Gasteiger partial charge on any atom is -0.208 e. The largest absolute Gasteiger partial charge is 0.208 e. The molecule has 5 aliphatic carbocycles. The summed E-state index contributed by atoms with van der Waals surface area (Å²) in [6.45, 7) is 0. The van der Waals surface area contributed by atoms with E-state index in [1.807, 2.05) is 42.5 Å². The summed E-state index contributed by atoms with van der Waals surface area (Å²) in [5.41, 5.74) is 9.13. The van der Waals surface area contributed by atoms with Gasteiger partial charge in [0.05, 0.1) is 6.85 Å². The van der Waals surface area contributed by atoms with E-state index in [0.29, 0.717) is 23.5 Å². The van der Waals surface area contributed by atoms with E-state index >= 15 is 0 Å². The SMILES string of the molecule is [2H]c1c([2H])c([2H])c(-c2nc(-c3ccc(-c4ccccc4)cc3)nc(-c3cc4c(c5ccccc35)-c3ccccc3C43C4CC5CC(C4)CC3C5)n2)c([2H])c1[2H]. The van der Waals surface area contributed by atoms with Gasteiger partial charge >= 0.3 is 0 Å². The molecule has 1 heterocycles. The van der Waals surface area contributed by atoms with Crippen molar-refractivity contribution in [2.24, 2.45) is 23.7 Å². The minimum absolute atomic E-state index is 0.0350. The van der Waals surface area contributed by atoms with Gasteiger partial charge < -0.3 is 0 Å². The van der Waals surface area contributed by atoms with Crippen LogP contribution in [-0.4, -0.2) is 15.0 Å². The summed E-state index contributed by atoms with van der Waals surface area (Å²) in [5, 5.41) is 2.17. The quantitative estimate of drug-likeness (QED) is 0.191. The fourth-order valence-corrected chi connectivity index (χ4v) is 10.7. The third kappa shape index (κ3) is 4.07. The summed E-state index contributed by atoms with van der Waals surface area (Å²) in [6.07, 6.45) is 6.42. The van der Waals surface area contributed by atoms with Crippen molar-refractivity contribution in [2.75, 3.05) is 0 Å². The van der Waals surface area contributed by atoms with Crippen LogP contribution < -0.4 is 0 Å². The lowest BCUT2D eigenvalue weighted by Crippen LogP contribution is -2.55. The Morgan fingerprint density at radius 1 is 0.480 bits per heavy atom. The van der Waals surface area contributed by atoms with Crippen LogP contribution in [0.3, 0.4) is 0 Å². The first-order valence-corrected chi connectivity index (χ1v) is 18.0. The van der Waals surface area contributed by atoms with Gasteiger partial charge in [-0.05, 0) is 106 Å². The van der Waals surface area contributed by atoms with Crippen LogP contribution in [0.1, 0.15) is 50.1 Å². The zero-order chi connectivity index (χ0) is 37.2. The summed E-state index contributed by atoms with van der Waals surface area (Å²) in [4.78, 5) is 15.1. The van der Waals surface area contributed by atoms with E-state index in [4.69, 9.17) is 21.8 Å². The number of rotatable bonds is 4. The number of hydrogen-bond acceptors (Lipinski definition) is 3. The van der Waals surface area contributed by atoms with Gasteiger partial charge in [0, 0.05) is 22.1 Å². The van der Waals surface area contributed by atoms with Crippen LogP contribution in [0.2, 0.25) is 0 Å². The van der Waals surface area contributed by atoms with Crippen molar-refractivity contribution in [3.8, 4) is 56.4 Å². The Morgan fingerprint density at radius 2 is 1.06 bits per heavy atom. The van der Waals surface area contributed by atoms with Crippen molar-refractivity contribution >= 4 is 10.8 Å².